The van der Waals surface area contributed by atoms with Crippen LogP contribution < -0.4 is 5.32 Å². The van der Waals surface area contributed by atoms with E-state index in [1.165, 1.54) is 0 Å². The second-order valence-electron chi connectivity index (χ2n) is 5.50. The van der Waals surface area contributed by atoms with Crippen LogP contribution in [0.15, 0.2) is 23.6 Å². The predicted molar refractivity (Wildman–Crippen MR) is 90.6 cm³/mol. The quantitative estimate of drug-likeness (QED) is 0.768. The number of fused-ring (bicyclic) bond motifs is 1. The van der Waals surface area contributed by atoms with Crippen LogP contribution in [0.4, 0.5) is 0 Å². The Hall–Kier alpha value is -2.25. The minimum absolute atomic E-state index is 0.107. The Morgan fingerprint density at radius 2 is 2.30 bits per heavy atom. The first-order valence-corrected chi connectivity index (χ1v) is 8.19. The van der Waals surface area contributed by atoms with Gasteiger partial charge < -0.3 is 10.4 Å². The van der Waals surface area contributed by atoms with Gasteiger partial charge in [0, 0.05) is 13.1 Å². The standard InChI is InChI=1S/C16H18N4O2S/c1-9(8-21)17-16(22)11-7-12(13-5-4-6-23-13)18-15-14(11)10(2)19-20(15)3/h4-7,9,21H,8H2,1-3H3,(H,17,22). The van der Waals surface area contributed by atoms with Gasteiger partial charge in [-0.2, -0.15) is 5.10 Å². The first-order valence-electron chi connectivity index (χ1n) is 7.31. The molecule has 0 radical (unpaired) electrons. The van der Waals surface area contributed by atoms with Crippen LogP contribution in [-0.2, 0) is 7.05 Å². The van der Waals surface area contributed by atoms with Crippen LogP contribution in [0, 0.1) is 6.92 Å². The number of hydrogen-bond donors (Lipinski definition) is 2. The summed E-state index contributed by atoms with van der Waals surface area (Å²) in [6, 6.07) is 5.41. The van der Waals surface area contributed by atoms with Crippen molar-refractivity contribution in [2.75, 3.05) is 6.61 Å². The van der Waals surface area contributed by atoms with E-state index in [1.807, 2.05) is 31.5 Å². The van der Waals surface area contributed by atoms with Gasteiger partial charge in [-0.3, -0.25) is 9.48 Å². The highest BCUT2D eigenvalue weighted by Gasteiger charge is 2.20. The molecule has 2 N–H and O–H groups in total. The Labute approximate surface area is 137 Å². The van der Waals surface area contributed by atoms with Crippen molar-refractivity contribution >= 4 is 28.3 Å². The summed E-state index contributed by atoms with van der Waals surface area (Å²) in [7, 11) is 1.82. The maximum absolute atomic E-state index is 12.6. The predicted octanol–water partition coefficient (Wildman–Crippen LogP) is 2.12. The van der Waals surface area contributed by atoms with E-state index in [9.17, 15) is 4.79 Å². The molecule has 0 aliphatic heterocycles. The topological polar surface area (TPSA) is 80.0 Å². The molecule has 23 heavy (non-hydrogen) atoms. The second kappa shape index (κ2) is 6.10. The number of rotatable bonds is 4. The van der Waals surface area contributed by atoms with E-state index in [-0.39, 0.29) is 18.6 Å². The molecule has 0 aliphatic rings. The summed E-state index contributed by atoms with van der Waals surface area (Å²) >= 11 is 1.57. The molecule has 1 atom stereocenters. The van der Waals surface area contributed by atoms with Crippen LogP contribution in [-0.4, -0.2) is 38.4 Å². The molecule has 0 bridgehead atoms. The fraction of sp³-hybridized carbons (Fsp3) is 0.312. The number of aromatic nitrogens is 3. The lowest BCUT2D eigenvalue weighted by Gasteiger charge is -2.12. The van der Waals surface area contributed by atoms with Crippen molar-refractivity contribution in [2.24, 2.45) is 7.05 Å². The number of aliphatic hydroxyl groups is 1. The molecule has 3 aromatic heterocycles. The zero-order valence-electron chi connectivity index (χ0n) is 13.2. The average Bonchev–Trinajstić information content (AvgIpc) is 3.15. The van der Waals surface area contributed by atoms with E-state index in [1.54, 1.807) is 29.0 Å². The number of thiophene rings is 1. The van der Waals surface area contributed by atoms with Gasteiger partial charge in [0.05, 0.1) is 33.8 Å². The van der Waals surface area contributed by atoms with Crippen LogP contribution in [0.25, 0.3) is 21.6 Å². The summed E-state index contributed by atoms with van der Waals surface area (Å²) < 4.78 is 1.69. The van der Waals surface area contributed by atoms with Crippen LogP contribution in [0.5, 0.6) is 0 Å². The molecule has 0 saturated heterocycles. The lowest BCUT2D eigenvalue weighted by Crippen LogP contribution is -2.35. The molecule has 1 amide bonds. The Morgan fingerprint density at radius 1 is 1.52 bits per heavy atom. The molecule has 3 rings (SSSR count). The van der Waals surface area contributed by atoms with Gasteiger partial charge in [0.25, 0.3) is 5.91 Å². The summed E-state index contributed by atoms with van der Waals surface area (Å²) in [5.41, 5.74) is 2.71. The van der Waals surface area contributed by atoms with Crippen LogP contribution in [0.1, 0.15) is 23.0 Å². The van der Waals surface area contributed by atoms with Crippen molar-refractivity contribution in [3.8, 4) is 10.6 Å². The minimum atomic E-state index is -0.312. The van der Waals surface area contributed by atoms with Gasteiger partial charge in [-0.05, 0) is 31.4 Å². The van der Waals surface area contributed by atoms with E-state index in [0.717, 1.165) is 21.7 Å². The number of aryl methyl sites for hydroxylation is 2. The van der Waals surface area contributed by atoms with Crippen molar-refractivity contribution in [1.82, 2.24) is 20.1 Å². The normalized spacial score (nSPS) is 12.5. The first-order chi connectivity index (χ1) is 11.0. The highest BCUT2D eigenvalue weighted by atomic mass is 32.1. The first kappa shape index (κ1) is 15.6. The number of amides is 1. The van der Waals surface area contributed by atoms with Gasteiger partial charge in [-0.1, -0.05) is 6.07 Å². The van der Waals surface area contributed by atoms with Gasteiger partial charge in [-0.15, -0.1) is 11.3 Å². The van der Waals surface area contributed by atoms with Crippen molar-refractivity contribution in [3.05, 3.63) is 34.8 Å². The number of hydrogen-bond acceptors (Lipinski definition) is 5. The largest absolute Gasteiger partial charge is 0.394 e. The number of pyridine rings is 1. The van der Waals surface area contributed by atoms with Crippen LogP contribution in [0.2, 0.25) is 0 Å². The molecule has 0 fully saturated rings. The molecular formula is C16H18N4O2S. The average molecular weight is 330 g/mol. The minimum Gasteiger partial charge on any atom is -0.394 e. The Kier molecular flexibility index (Phi) is 4.14. The smallest absolute Gasteiger partial charge is 0.252 e. The van der Waals surface area contributed by atoms with Gasteiger partial charge in [0.1, 0.15) is 0 Å². The van der Waals surface area contributed by atoms with Crippen molar-refractivity contribution < 1.29 is 9.90 Å². The number of carbonyl (C=O) groups excluding carboxylic acids is 1. The maximum Gasteiger partial charge on any atom is 0.252 e. The van der Waals surface area contributed by atoms with Gasteiger partial charge in [0.15, 0.2) is 5.65 Å². The molecule has 3 aromatic rings. The van der Waals surface area contributed by atoms with E-state index in [2.05, 4.69) is 15.4 Å². The summed E-state index contributed by atoms with van der Waals surface area (Å²) in [6.45, 7) is 3.51. The van der Waals surface area contributed by atoms with E-state index in [4.69, 9.17) is 5.11 Å². The number of carbonyl (C=O) groups is 1. The maximum atomic E-state index is 12.6. The monoisotopic (exact) mass is 330 g/mol. The third kappa shape index (κ3) is 2.85. The molecule has 0 aromatic carbocycles. The lowest BCUT2D eigenvalue weighted by atomic mass is 10.1. The van der Waals surface area contributed by atoms with Crippen LogP contribution >= 0.6 is 11.3 Å². The number of aliphatic hydroxyl groups excluding tert-OH is 1. The molecular weight excluding hydrogens is 312 g/mol. The SMILES string of the molecule is Cc1nn(C)c2nc(-c3cccs3)cc(C(=O)NC(C)CO)c12. The summed E-state index contributed by atoms with van der Waals surface area (Å²) in [6.07, 6.45) is 0. The third-order valence-electron chi connectivity index (χ3n) is 3.64. The molecule has 1 unspecified atom stereocenters. The second-order valence-corrected chi connectivity index (χ2v) is 6.44. The zero-order valence-corrected chi connectivity index (χ0v) is 14.0. The zero-order chi connectivity index (χ0) is 16.6. The van der Waals surface area contributed by atoms with E-state index >= 15 is 0 Å². The van der Waals surface area contributed by atoms with Crippen molar-refractivity contribution in [1.29, 1.82) is 0 Å². The Bertz CT molecular complexity index is 855. The summed E-state index contributed by atoms with van der Waals surface area (Å²) in [5.74, 6) is -0.229. The van der Waals surface area contributed by atoms with E-state index < -0.39 is 0 Å². The van der Waals surface area contributed by atoms with Crippen molar-refractivity contribution in [3.63, 3.8) is 0 Å². The molecule has 7 heteroatoms. The summed E-state index contributed by atoms with van der Waals surface area (Å²) in [5, 5.41) is 19.1. The molecule has 6 nitrogen and oxygen atoms in total. The van der Waals surface area contributed by atoms with Crippen LogP contribution in [0.3, 0.4) is 0 Å². The lowest BCUT2D eigenvalue weighted by molar-refractivity contribution is 0.0924. The summed E-state index contributed by atoms with van der Waals surface area (Å²) in [4.78, 5) is 18.3. The number of nitrogens with one attached hydrogen (secondary N) is 1. The third-order valence-corrected chi connectivity index (χ3v) is 4.53. The van der Waals surface area contributed by atoms with Gasteiger partial charge >= 0.3 is 0 Å². The molecule has 0 saturated carbocycles. The number of nitrogens with zero attached hydrogens (tertiary/aromatic N) is 3. The van der Waals surface area contributed by atoms with Gasteiger partial charge in [-0.25, -0.2) is 4.98 Å². The Morgan fingerprint density at radius 3 is 2.96 bits per heavy atom. The molecule has 0 aliphatic carbocycles. The fourth-order valence-electron chi connectivity index (χ4n) is 2.52. The highest BCUT2D eigenvalue weighted by Crippen LogP contribution is 2.29. The molecule has 120 valence electrons. The molecule has 3 heterocycles. The van der Waals surface area contributed by atoms with Crippen molar-refractivity contribution in [2.45, 2.75) is 19.9 Å². The fourth-order valence-corrected chi connectivity index (χ4v) is 3.21. The van der Waals surface area contributed by atoms with E-state index in [0.29, 0.717) is 11.2 Å². The Balaban J connectivity index is 2.19. The molecule has 0 spiro atoms. The van der Waals surface area contributed by atoms with Gasteiger partial charge in [0.2, 0.25) is 0 Å². The highest BCUT2D eigenvalue weighted by molar-refractivity contribution is 7.13.